The normalized spacial score (nSPS) is 15.9. The third-order valence-electron chi connectivity index (χ3n) is 10.5. The molecule has 4 atom stereocenters. The first-order valence-electron chi connectivity index (χ1n) is 20.1. The number of aromatic nitrogens is 10. The highest BCUT2D eigenvalue weighted by molar-refractivity contribution is 5.77. The highest BCUT2D eigenvalue weighted by Crippen LogP contribution is 2.34. The van der Waals surface area contributed by atoms with Gasteiger partial charge in [-0.2, -0.15) is 20.4 Å². The molecule has 0 bridgehead atoms. The summed E-state index contributed by atoms with van der Waals surface area (Å²) in [5.41, 5.74) is 5.83. The van der Waals surface area contributed by atoms with Crippen LogP contribution in [-0.4, -0.2) is 86.9 Å². The molecule has 19 heteroatoms. The van der Waals surface area contributed by atoms with Crippen LogP contribution in [0.1, 0.15) is 62.4 Å². The minimum absolute atomic E-state index is 0.0123. The molecule has 8 aromatic rings. The summed E-state index contributed by atoms with van der Waals surface area (Å²) >= 11 is 0. The number of fused-ring (bicyclic) bond motifs is 2. The maximum Gasteiger partial charge on any atom is 0.165 e. The van der Waals surface area contributed by atoms with Crippen LogP contribution in [0.25, 0.3) is 33.5 Å². The molecule has 2 aromatic carbocycles. The lowest BCUT2D eigenvalue weighted by Crippen LogP contribution is -2.18. The zero-order valence-corrected chi connectivity index (χ0v) is 33.8. The van der Waals surface area contributed by atoms with Gasteiger partial charge < -0.3 is 25.2 Å². The first kappa shape index (κ1) is 41.7. The largest absolute Gasteiger partial charge is 0.490 e. The molecule has 1 aliphatic carbocycles. The number of nitrogens with zero attached hydrogens (tertiary/aromatic N) is 9. The smallest absolute Gasteiger partial charge is 0.165 e. The van der Waals surface area contributed by atoms with Gasteiger partial charge in [-0.25, -0.2) is 36.6 Å². The predicted molar refractivity (Wildman–Crippen MR) is 223 cm³/mol. The first-order chi connectivity index (χ1) is 30.2. The van der Waals surface area contributed by atoms with E-state index in [0.717, 1.165) is 41.5 Å². The van der Waals surface area contributed by atoms with Gasteiger partial charge in [0.05, 0.1) is 49.0 Å². The highest BCUT2D eigenvalue weighted by Gasteiger charge is 2.28. The topological polar surface area (TPSA) is 170 Å². The van der Waals surface area contributed by atoms with Crippen molar-refractivity contribution in [2.45, 2.75) is 57.3 Å². The molecule has 1 fully saturated rings. The molecule has 0 radical (unpaired) electrons. The summed E-state index contributed by atoms with van der Waals surface area (Å²) in [6, 6.07) is 11.2. The van der Waals surface area contributed by atoms with E-state index in [0.29, 0.717) is 45.6 Å². The average molecular weight is 853 g/mol. The van der Waals surface area contributed by atoms with E-state index < -0.39 is 25.0 Å². The summed E-state index contributed by atoms with van der Waals surface area (Å²) in [4.78, 5) is 9.35. The Morgan fingerprint density at radius 1 is 0.742 bits per heavy atom. The molecule has 15 nitrogen and oxygen atoms in total. The number of aromatic amines is 1. The summed E-state index contributed by atoms with van der Waals surface area (Å²) in [6.45, 7) is 2.29. The van der Waals surface area contributed by atoms with Crippen LogP contribution in [0.5, 0.6) is 11.5 Å². The number of rotatable bonds is 15. The Bertz CT molecular complexity index is 2740. The summed E-state index contributed by atoms with van der Waals surface area (Å²) in [5, 5.41) is 36.6. The van der Waals surface area contributed by atoms with Gasteiger partial charge in [-0.15, -0.1) is 0 Å². The Labute approximate surface area is 352 Å². The van der Waals surface area contributed by atoms with Gasteiger partial charge in [0.25, 0.3) is 0 Å². The van der Waals surface area contributed by atoms with Crippen LogP contribution in [0.2, 0.25) is 0 Å². The molecule has 4 unspecified atom stereocenters. The average Bonchev–Trinajstić information content (AvgIpc) is 4.14. The number of hydrogen-bond donors (Lipinski definition) is 4. The zero-order chi connectivity index (χ0) is 43.2. The number of alkyl halides is 2. The Morgan fingerprint density at radius 3 is 1.81 bits per heavy atom. The molecule has 9 rings (SSSR count). The maximum absolute atomic E-state index is 13.9. The van der Waals surface area contributed by atoms with Crippen molar-refractivity contribution in [3.05, 3.63) is 121 Å². The quantitative estimate of drug-likeness (QED) is 0.0735. The summed E-state index contributed by atoms with van der Waals surface area (Å²) in [6.07, 6.45) is 16.5. The molecule has 1 saturated carbocycles. The van der Waals surface area contributed by atoms with Crippen LogP contribution in [-0.2, 0) is 0 Å². The van der Waals surface area contributed by atoms with Crippen LogP contribution < -0.4 is 20.1 Å². The number of hydrogen-bond acceptors (Lipinski definition) is 11. The molecule has 0 amide bonds. The number of halogens is 4. The fourth-order valence-corrected chi connectivity index (χ4v) is 7.47. The van der Waals surface area contributed by atoms with Crippen LogP contribution in [0.15, 0.2) is 98.1 Å². The molecule has 1 aliphatic rings. The number of ether oxygens (including phenoxy) is 2. The van der Waals surface area contributed by atoms with E-state index in [1.54, 1.807) is 64.5 Å². The fraction of sp³-hybridized carbons (Fsp3) is 0.302. The maximum atomic E-state index is 13.9. The molecular weight excluding hydrogens is 809 g/mol. The van der Waals surface area contributed by atoms with Gasteiger partial charge in [-0.3, -0.25) is 9.78 Å². The number of nitrogens with one attached hydrogen (secondary N) is 3. The van der Waals surface area contributed by atoms with Crippen LogP contribution in [0.3, 0.4) is 0 Å². The second kappa shape index (κ2) is 18.7. The molecule has 62 heavy (non-hydrogen) atoms. The van der Waals surface area contributed by atoms with Gasteiger partial charge in [0.1, 0.15) is 61.3 Å². The van der Waals surface area contributed by atoms with Gasteiger partial charge in [-0.1, -0.05) is 0 Å². The summed E-state index contributed by atoms with van der Waals surface area (Å²) in [5.74, 6) is 1.22. The molecule has 322 valence electrons. The van der Waals surface area contributed by atoms with Gasteiger partial charge in [0, 0.05) is 58.2 Å². The van der Waals surface area contributed by atoms with Gasteiger partial charge in [-0.05, 0) is 81.6 Å². The molecule has 6 heterocycles. The zero-order valence-electron chi connectivity index (χ0n) is 33.8. The molecule has 6 aromatic heterocycles. The van der Waals surface area contributed by atoms with Gasteiger partial charge in [0.2, 0.25) is 0 Å². The van der Waals surface area contributed by atoms with Crippen molar-refractivity contribution in [3.8, 4) is 33.8 Å². The Hall–Kier alpha value is -7.02. The number of benzene rings is 2. The number of aliphatic hydroxyl groups excluding tert-OH is 1. The lowest BCUT2D eigenvalue weighted by Gasteiger charge is -2.19. The standard InChI is InChI=1S/C24H26F2N6O2.C19H18F2N6O/c1-15(18-11-17(26)5-6-22(18)34-10-8-25)29-23-7-9-31-24(30-23)19(13-28-31)16-12-27-32(14-16)20-3-2-4-21(20)33;1-12(15-8-14(21)2-3-17(15)28-7-5-20)25-18-4-6-27-19(26-18)16(11-24-27)13-9-22-23-10-13/h5-7,9,11-15,20-21,33H,2-4,8,10H2,1H3,(H,29,30);2-4,6,8-12H,5,7H2,1H3,(H,22,23)(H,25,26). The van der Waals surface area contributed by atoms with E-state index in [9.17, 15) is 22.7 Å². The van der Waals surface area contributed by atoms with E-state index in [1.807, 2.05) is 24.7 Å². The van der Waals surface area contributed by atoms with Crippen molar-refractivity contribution in [1.29, 1.82) is 0 Å². The SMILES string of the molecule is CC(Nc1ccn2ncc(-c3cn[nH]c3)c2n1)c1cc(F)ccc1OCCF.CC(Nc1ccn2ncc(-c3cnn(C4CCCC4O)c3)c2n1)c1cc(F)ccc1OCCF. The van der Waals surface area contributed by atoms with Crippen LogP contribution >= 0.6 is 0 Å². The van der Waals surface area contributed by atoms with Crippen molar-refractivity contribution >= 4 is 22.9 Å². The first-order valence-corrected chi connectivity index (χ1v) is 20.1. The molecule has 0 aliphatic heterocycles. The van der Waals surface area contributed by atoms with Gasteiger partial charge in [0.15, 0.2) is 11.3 Å². The predicted octanol–water partition coefficient (Wildman–Crippen LogP) is 8.12. The van der Waals surface area contributed by atoms with Crippen molar-refractivity contribution in [2.75, 3.05) is 37.2 Å². The lowest BCUT2D eigenvalue weighted by molar-refractivity contribution is 0.130. The minimum atomic E-state index is -0.628. The Balaban J connectivity index is 0.000000174. The van der Waals surface area contributed by atoms with Crippen molar-refractivity contribution in [1.82, 2.24) is 49.2 Å². The van der Waals surface area contributed by atoms with Crippen molar-refractivity contribution in [2.24, 2.45) is 0 Å². The van der Waals surface area contributed by atoms with E-state index in [1.165, 1.54) is 36.4 Å². The molecular formula is C43H44F4N12O3. The minimum Gasteiger partial charge on any atom is -0.490 e. The lowest BCUT2D eigenvalue weighted by atomic mass is 10.1. The summed E-state index contributed by atoms with van der Waals surface area (Å²) < 4.78 is 68.7. The van der Waals surface area contributed by atoms with E-state index in [-0.39, 0.29) is 37.4 Å². The monoisotopic (exact) mass is 852 g/mol. The van der Waals surface area contributed by atoms with Gasteiger partial charge >= 0.3 is 0 Å². The van der Waals surface area contributed by atoms with Crippen LogP contribution in [0, 0.1) is 11.6 Å². The summed E-state index contributed by atoms with van der Waals surface area (Å²) in [7, 11) is 0. The number of aliphatic hydroxyl groups is 1. The molecule has 4 N–H and O–H groups in total. The molecule has 0 spiro atoms. The second-order valence-corrected chi connectivity index (χ2v) is 14.7. The van der Waals surface area contributed by atoms with Crippen LogP contribution in [0.4, 0.5) is 29.2 Å². The van der Waals surface area contributed by atoms with Crippen molar-refractivity contribution < 1.29 is 32.1 Å². The third kappa shape index (κ3) is 9.16. The highest BCUT2D eigenvalue weighted by atomic mass is 19.1. The third-order valence-corrected chi connectivity index (χ3v) is 10.5. The second-order valence-electron chi connectivity index (χ2n) is 14.7. The van der Waals surface area contributed by atoms with E-state index in [2.05, 4.69) is 41.1 Å². The Morgan fingerprint density at radius 2 is 1.31 bits per heavy atom. The van der Waals surface area contributed by atoms with E-state index in [4.69, 9.17) is 14.5 Å². The fourth-order valence-electron chi connectivity index (χ4n) is 7.47. The molecule has 0 saturated heterocycles. The Kier molecular flexibility index (Phi) is 12.6. The van der Waals surface area contributed by atoms with Crippen molar-refractivity contribution in [3.63, 3.8) is 0 Å². The number of H-pyrrole nitrogens is 1. The number of anilines is 2. The van der Waals surface area contributed by atoms with E-state index >= 15 is 0 Å².